The lowest BCUT2D eigenvalue weighted by atomic mass is 10.0. The van der Waals surface area contributed by atoms with Gasteiger partial charge in [-0.05, 0) is 12.5 Å². The van der Waals surface area contributed by atoms with Crippen molar-refractivity contribution in [1.82, 2.24) is 0 Å². The Hall–Kier alpha value is -1.15. The first-order chi connectivity index (χ1) is 6.27. The molecule has 0 fully saturated rings. The number of rotatable bonds is 4. The average molecular weight is 178 g/mol. The Morgan fingerprint density at radius 1 is 1.54 bits per heavy atom. The molecule has 1 unspecified atom stereocenters. The summed E-state index contributed by atoms with van der Waals surface area (Å²) in [4.78, 5) is 10.4. The van der Waals surface area contributed by atoms with Crippen molar-refractivity contribution >= 4 is 6.29 Å². The molecule has 0 aliphatic rings. The summed E-state index contributed by atoms with van der Waals surface area (Å²) in [5.41, 5.74) is 2.25. The molecule has 2 heteroatoms. The molecule has 0 aromatic heterocycles. The standard InChI is InChI=1S/C11H14O2/c1-9-4-3-5-10(8-9)11(13-2)6-7-12/h3-5,7-8,11H,6H2,1-2H3. The molecule has 1 rings (SSSR count). The highest BCUT2D eigenvalue weighted by molar-refractivity contribution is 5.51. The molecular formula is C11H14O2. The molecule has 0 heterocycles. The van der Waals surface area contributed by atoms with E-state index < -0.39 is 0 Å². The Bertz CT molecular complexity index is 281. The Kier molecular flexibility index (Phi) is 3.65. The highest BCUT2D eigenvalue weighted by Gasteiger charge is 2.08. The monoisotopic (exact) mass is 178 g/mol. The number of carbonyl (C=O) groups excluding carboxylic acids is 1. The van der Waals surface area contributed by atoms with Gasteiger partial charge in [0.15, 0.2) is 0 Å². The van der Waals surface area contributed by atoms with E-state index in [4.69, 9.17) is 4.74 Å². The molecule has 1 aromatic carbocycles. The van der Waals surface area contributed by atoms with Crippen LogP contribution in [0.2, 0.25) is 0 Å². The van der Waals surface area contributed by atoms with Crippen LogP contribution in [0.25, 0.3) is 0 Å². The first kappa shape index (κ1) is 9.93. The highest BCUT2D eigenvalue weighted by atomic mass is 16.5. The second-order valence-electron chi connectivity index (χ2n) is 3.04. The molecule has 0 aliphatic carbocycles. The molecule has 0 saturated heterocycles. The molecule has 0 N–H and O–H groups in total. The van der Waals surface area contributed by atoms with Gasteiger partial charge >= 0.3 is 0 Å². The number of aryl methyl sites for hydroxylation is 1. The SMILES string of the molecule is COC(CC=O)c1cccc(C)c1. The van der Waals surface area contributed by atoms with Gasteiger partial charge in [-0.15, -0.1) is 0 Å². The molecule has 0 bridgehead atoms. The minimum Gasteiger partial charge on any atom is -0.376 e. The molecule has 0 saturated carbocycles. The van der Waals surface area contributed by atoms with Gasteiger partial charge in [0.1, 0.15) is 6.29 Å². The van der Waals surface area contributed by atoms with Crippen molar-refractivity contribution in [1.29, 1.82) is 0 Å². The fourth-order valence-corrected chi connectivity index (χ4v) is 1.33. The van der Waals surface area contributed by atoms with Crippen molar-refractivity contribution < 1.29 is 9.53 Å². The normalized spacial score (nSPS) is 12.5. The largest absolute Gasteiger partial charge is 0.376 e. The molecule has 70 valence electrons. The van der Waals surface area contributed by atoms with Crippen molar-refractivity contribution in [2.24, 2.45) is 0 Å². The summed E-state index contributed by atoms with van der Waals surface area (Å²) in [5, 5.41) is 0. The lowest BCUT2D eigenvalue weighted by molar-refractivity contribution is -0.110. The van der Waals surface area contributed by atoms with Gasteiger partial charge in [-0.1, -0.05) is 29.8 Å². The average Bonchev–Trinajstić information content (AvgIpc) is 2.14. The van der Waals surface area contributed by atoms with Crippen LogP contribution in [0.15, 0.2) is 24.3 Å². The van der Waals surface area contributed by atoms with Gasteiger partial charge in [0.25, 0.3) is 0 Å². The van der Waals surface area contributed by atoms with E-state index in [1.165, 1.54) is 5.56 Å². The minimum absolute atomic E-state index is 0.0996. The molecular weight excluding hydrogens is 164 g/mol. The molecule has 1 aromatic rings. The van der Waals surface area contributed by atoms with Crippen LogP contribution in [-0.2, 0) is 9.53 Å². The topological polar surface area (TPSA) is 26.3 Å². The number of hydrogen-bond donors (Lipinski definition) is 0. The van der Waals surface area contributed by atoms with Crippen LogP contribution in [0.4, 0.5) is 0 Å². The van der Waals surface area contributed by atoms with E-state index >= 15 is 0 Å². The van der Waals surface area contributed by atoms with Crippen molar-refractivity contribution in [2.45, 2.75) is 19.4 Å². The van der Waals surface area contributed by atoms with Gasteiger partial charge in [0.05, 0.1) is 6.10 Å². The number of carbonyl (C=O) groups is 1. The minimum atomic E-state index is -0.0996. The molecule has 1 atom stereocenters. The zero-order valence-corrected chi connectivity index (χ0v) is 7.99. The van der Waals surface area contributed by atoms with Crippen molar-refractivity contribution in [3.8, 4) is 0 Å². The van der Waals surface area contributed by atoms with Crippen LogP contribution in [0.3, 0.4) is 0 Å². The molecule has 0 spiro atoms. The second-order valence-corrected chi connectivity index (χ2v) is 3.04. The van der Waals surface area contributed by atoms with E-state index in [0.717, 1.165) is 11.8 Å². The molecule has 2 nitrogen and oxygen atoms in total. The third-order valence-electron chi connectivity index (χ3n) is 2.01. The smallest absolute Gasteiger partial charge is 0.122 e. The van der Waals surface area contributed by atoms with Crippen LogP contribution >= 0.6 is 0 Å². The van der Waals surface area contributed by atoms with Gasteiger partial charge in [0, 0.05) is 13.5 Å². The maximum absolute atomic E-state index is 10.4. The summed E-state index contributed by atoms with van der Waals surface area (Å²) in [6, 6.07) is 8.01. The summed E-state index contributed by atoms with van der Waals surface area (Å²) < 4.78 is 5.20. The number of aldehydes is 1. The van der Waals surface area contributed by atoms with E-state index in [2.05, 4.69) is 0 Å². The van der Waals surface area contributed by atoms with Crippen molar-refractivity contribution in [2.75, 3.05) is 7.11 Å². The fourth-order valence-electron chi connectivity index (χ4n) is 1.33. The summed E-state index contributed by atoms with van der Waals surface area (Å²) in [5.74, 6) is 0. The summed E-state index contributed by atoms with van der Waals surface area (Å²) >= 11 is 0. The van der Waals surface area contributed by atoms with E-state index in [9.17, 15) is 4.79 Å². The zero-order chi connectivity index (χ0) is 9.68. The Morgan fingerprint density at radius 2 is 2.31 bits per heavy atom. The summed E-state index contributed by atoms with van der Waals surface area (Å²) in [6.45, 7) is 2.02. The number of ether oxygens (including phenoxy) is 1. The molecule has 13 heavy (non-hydrogen) atoms. The predicted octanol–water partition coefficient (Wildman–Crippen LogP) is 2.27. The number of benzene rings is 1. The van der Waals surface area contributed by atoms with Crippen molar-refractivity contribution in [3.63, 3.8) is 0 Å². The van der Waals surface area contributed by atoms with Crippen molar-refractivity contribution in [3.05, 3.63) is 35.4 Å². The highest BCUT2D eigenvalue weighted by Crippen LogP contribution is 2.19. The quantitative estimate of drug-likeness (QED) is 0.661. The number of methoxy groups -OCH3 is 1. The summed E-state index contributed by atoms with van der Waals surface area (Å²) in [6.07, 6.45) is 1.20. The van der Waals surface area contributed by atoms with Crippen LogP contribution in [-0.4, -0.2) is 13.4 Å². The van der Waals surface area contributed by atoms with Crippen LogP contribution < -0.4 is 0 Å². The van der Waals surface area contributed by atoms with Gasteiger partial charge in [-0.25, -0.2) is 0 Å². The van der Waals surface area contributed by atoms with E-state index in [1.807, 2.05) is 31.2 Å². The summed E-state index contributed by atoms with van der Waals surface area (Å²) in [7, 11) is 1.62. The molecule has 0 radical (unpaired) electrons. The first-order valence-electron chi connectivity index (χ1n) is 4.31. The molecule has 0 amide bonds. The predicted molar refractivity (Wildman–Crippen MR) is 51.6 cm³/mol. The second kappa shape index (κ2) is 4.77. The van der Waals surface area contributed by atoms with Crippen LogP contribution in [0.1, 0.15) is 23.7 Å². The zero-order valence-electron chi connectivity index (χ0n) is 7.99. The van der Waals surface area contributed by atoms with E-state index in [-0.39, 0.29) is 6.10 Å². The van der Waals surface area contributed by atoms with Gasteiger partial charge in [-0.3, -0.25) is 0 Å². The lowest BCUT2D eigenvalue weighted by Crippen LogP contribution is -2.02. The fraction of sp³-hybridized carbons (Fsp3) is 0.364. The lowest BCUT2D eigenvalue weighted by Gasteiger charge is -2.12. The third-order valence-corrected chi connectivity index (χ3v) is 2.01. The Morgan fingerprint density at radius 3 is 2.85 bits per heavy atom. The van der Waals surface area contributed by atoms with Crippen LogP contribution in [0.5, 0.6) is 0 Å². The van der Waals surface area contributed by atoms with Gasteiger partial charge < -0.3 is 9.53 Å². The van der Waals surface area contributed by atoms with Gasteiger partial charge in [0.2, 0.25) is 0 Å². The third kappa shape index (κ3) is 2.67. The maximum atomic E-state index is 10.4. The van der Waals surface area contributed by atoms with E-state index in [0.29, 0.717) is 6.42 Å². The Labute approximate surface area is 78.5 Å². The maximum Gasteiger partial charge on any atom is 0.122 e. The number of hydrogen-bond acceptors (Lipinski definition) is 2. The molecule has 0 aliphatic heterocycles. The van der Waals surface area contributed by atoms with Gasteiger partial charge in [-0.2, -0.15) is 0 Å². The first-order valence-corrected chi connectivity index (χ1v) is 4.31. The van der Waals surface area contributed by atoms with E-state index in [1.54, 1.807) is 7.11 Å². The Balaban J connectivity index is 2.84. The van der Waals surface area contributed by atoms with Crippen LogP contribution in [0, 0.1) is 6.92 Å².